The summed E-state index contributed by atoms with van der Waals surface area (Å²) in [5.41, 5.74) is 0. The van der Waals surface area contributed by atoms with E-state index in [0.29, 0.717) is 6.42 Å². The molecule has 0 radical (unpaired) electrons. The van der Waals surface area contributed by atoms with Crippen molar-refractivity contribution >= 4 is 5.97 Å². The Kier molecular flexibility index (Phi) is 16.4. The van der Waals surface area contributed by atoms with Crippen LogP contribution in [0.1, 0.15) is 117 Å². The van der Waals surface area contributed by atoms with Crippen LogP contribution in [0.3, 0.4) is 0 Å². The SMILES string of the molecule is CCCCCCCCCCC(=O)O[C@@H](CC)CCCCCC. The molecule has 2 nitrogen and oxygen atoms in total. The summed E-state index contributed by atoms with van der Waals surface area (Å²) in [6, 6.07) is 0. The number of hydrogen-bond acceptors (Lipinski definition) is 2. The number of ether oxygens (including phenoxy) is 1. The van der Waals surface area contributed by atoms with Gasteiger partial charge in [-0.3, -0.25) is 4.79 Å². The van der Waals surface area contributed by atoms with Crippen molar-refractivity contribution in [3.05, 3.63) is 0 Å². The third-order valence-electron chi connectivity index (χ3n) is 4.37. The quantitative estimate of drug-likeness (QED) is 0.231. The number of hydrogen-bond donors (Lipinski definition) is 0. The average molecular weight is 313 g/mol. The molecule has 0 rings (SSSR count). The van der Waals surface area contributed by atoms with Gasteiger partial charge in [0.15, 0.2) is 0 Å². The Morgan fingerprint density at radius 1 is 0.727 bits per heavy atom. The summed E-state index contributed by atoms with van der Waals surface area (Å²) >= 11 is 0. The monoisotopic (exact) mass is 312 g/mol. The van der Waals surface area contributed by atoms with E-state index in [1.165, 1.54) is 70.6 Å². The van der Waals surface area contributed by atoms with Gasteiger partial charge < -0.3 is 4.74 Å². The summed E-state index contributed by atoms with van der Waals surface area (Å²) in [6.45, 7) is 6.59. The number of carbonyl (C=O) groups excluding carboxylic acids is 1. The molecule has 0 aromatic carbocycles. The van der Waals surface area contributed by atoms with E-state index in [2.05, 4.69) is 20.8 Å². The molecule has 0 N–H and O–H groups in total. The molecule has 0 aliphatic rings. The first-order valence-corrected chi connectivity index (χ1v) is 9.94. The smallest absolute Gasteiger partial charge is 0.306 e. The normalized spacial score (nSPS) is 12.3. The van der Waals surface area contributed by atoms with E-state index < -0.39 is 0 Å². The van der Waals surface area contributed by atoms with E-state index in [1.807, 2.05) is 0 Å². The average Bonchev–Trinajstić information content (AvgIpc) is 2.52. The number of rotatable bonds is 16. The second kappa shape index (κ2) is 16.8. The van der Waals surface area contributed by atoms with E-state index in [4.69, 9.17) is 4.74 Å². The Bertz CT molecular complexity index is 238. The molecule has 0 heterocycles. The molecule has 0 saturated carbocycles. The standard InChI is InChI=1S/C20H40O2/c1-4-7-9-11-12-13-14-16-18-20(21)22-19(6-3)17-15-10-8-5-2/h19H,4-18H2,1-3H3/t19-/m0/s1. The Balaban J connectivity index is 3.49. The molecule has 22 heavy (non-hydrogen) atoms. The summed E-state index contributed by atoms with van der Waals surface area (Å²) < 4.78 is 5.60. The predicted octanol–water partition coefficient (Wildman–Crippen LogP) is 6.81. The number of esters is 1. The highest BCUT2D eigenvalue weighted by molar-refractivity contribution is 5.69. The first-order chi connectivity index (χ1) is 10.7. The lowest BCUT2D eigenvalue weighted by Gasteiger charge is -2.16. The van der Waals surface area contributed by atoms with Gasteiger partial charge in [0.2, 0.25) is 0 Å². The van der Waals surface area contributed by atoms with Crippen LogP contribution in [-0.2, 0) is 9.53 Å². The molecule has 132 valence electrons. The number of unbranched alkanes of at least 4 members (excludes halogenated alkanes) is 10. The molecule has 0 aliphatic carbocycles. The van der Waals surface area contributed by atoms with Crippen LogP contribution in [0, 0.1) is 0 Å². The lowest BCUT2D eigenvalue weighted by Crippen LogP contribution is -2.17. The maximum atomic E-state index is 11.9. The maximum absolute atomic E-state index is 11.9. The Morgan fingerprint density at radius 2 is 1.23 bits per heavy atom. The minimum absolute atomic E-state index is 0.0216. The molecule has 0 fully saturated rings. The van der Waals surface area contributed by atoms with Gasteiger partial charge in [-0.2, -0.15) is 0 Å². The maximum Gasteiger partial charge on any atom is 0.306 e. The fraction of sp³-hybridized carbons (Fsp3) is 0.950. The van der Waals surface area contributed by atoms with Gasteiger partial charge in [0, 0.05) is 6.42 Å². The molecule has 0 aromatic heterocycles. The Hall–Kier alpha value is -0.530. The van der Waals surface area contributed by atoms with Crippen LogP contribution < -0.4 is 0 Å². The van der Waals surface area contributed by atoms with Crippen LogP contribution in [-0.4, -0.2) is 12.1 Å². The zero-order valence-electron chi connectivity index (χ0n) is 15.5. The van der Waals surface area contributed by atoms with Gasteiger partial charge in [0.25, 0.3) is 0 Å². The van der Waals surface area contributed by atoms with Crippen LogP contribution >= 0.6 is 0 Å². The number of carbonyl (C=O) groups is 1. The molecule has 0 aromatic rings. The van der Waals surface area contributed by atoms with Gasteiger partial charge in [0.1, 0.15) is 6.10 Å². The molecular formula is C20H40O2. The summed E-state index contributed by atoms with van der Waals surface area (Å²) in [6.07, 6.45) is 17.9. The summed E-state index contributed by atoms with van der Waals surface area (Å²) in [7, 11) is 0. The minimum atomic E-state index is 0.0216. The predicted molar refractivity (Wildman–Crippen MR) is 96.2 cm³/mol. The van der Waals surface area contributed by atoms with Crippen LogP contribution in [0.5, 0.6) is 0 Å². The molecule has 1 atom stereocenters. The zero-order chi connectivity index (χ0) is 16.5. The highest BCUT2D eigenvalue weighted by atomic mass is 16.5. The molecular weight excluding hydrogens is 272 g/mol. The van der Waals surface area contributed by atoms with E-state index >= 15 is 0 Å². The van der Waals surface area contributed by atoms with Gasteiger partial charge in [-0.1, -0.05) is 85.0 Å². The molecule has 0 aliphatic heterocycles. The van der Waals surface area contributed by atoms with Crippen LogP contribution in [0.25, 0.3) is 0 Å². The lowest BCUT2D eigenvalue weighted by molar-refractivity contribution is -0.149. The van der Waals surface area contributed by atoms with Gasteiger partial charge in [0.05, 0.1) is 0 Å². The second-order valence-corrected chi connectivity index (χ2v) is 6.59. The van der Waals surface area contributed by atoms with Crippen molar-refractivity contribution in [1.29, 1.82) is 0 Å². The van der Waals surface area contributed by atoms with Gasteiger partial charge in [-0.05, 0) is 25.7 Å². The van der Waals surface area contributed by atoms with Gasteiger partial charge >= 0.3 is 5.97 Å². The molecule has 0 amide bonds. The van der Waals surface area contributed by atoms with Crippen molar-refractivity contribution in [2.24, 2.45) is 0 Å². The van der Waals surface area contributed by atoms with Crippen molar-refractivity contribution in [1.82, 2.24) is 0 Å². The van der Waals surface area contributed by atoms with Crippen LogP contribution in [0.4, 0.5) is 0 Å². The second-order valence-electron chi connectivity index (χ2n) is 6.59. The largest absolute Gasteiger partial charge is 0.462 e. The fourth-order valence-electron chi connectivity index (χ4n) is 2.79. The fourth-order valence-corrected chi connectivity index (χ4v) is 2.79. The van der Waals surface area contributed by atoms with Crippen molar-refractivity contribution in [2.45, 2.75) is 123 Å². The first kappa shape index (κ1) is 21.5. The van der Waals surface area contributed by atoms with Crippen LogP contribution in [0.2, 0.25) is 0 Å². The first-order valence-electron chi connectivity index (χ1n) is 9.94. The Labute approximate surface area is 139 Å². The Morgan fingerprint density at radius 3 is 1.77 bits per heavy atom. The highest BCUT2D eigenvalue weighted by Gasteiger charge is 2.11. The van der Waals surface area contributed by atoms with Gasteiger partial charge in [-0.25, -0.2) is 0 Å². The van der Waals surface area contributed by atoms with E-state index in [9.17, 15) is 4.79 Å². The lowest BCUT2D eigenvalue weighted by atomic mass is 10.1. The third kappa shape index (κ3) is 14.4. The minimum Gasteiger partial charge on any atom is -0.462 e. The van der Waals surface area contributed by atoms with Crippen molar-refractivity contribution in [3.63, 3.8) is 0 Å². The summed E-state index contributed by atoms with van der Waals surface area (Å²) in [4.78, 5) is 11.9. The van der Waals surface area contributed by atoms with Crippen molar-refractivity contribution in [3.8, 4) is 0 Å². The van der Waals surface area contributed by atoms with Crippen molar-refractivity contribution < 1.29 is 9.53 Å². The zero-order valence-corrected chi connectivity index (χ0v) is 15.5. The summed E-state index contributed by atoms with van der Waals surface area (Å²) in [5.74, 6) is 0.0216. The molecule has 0 saturated heterocycles. The molecule has 0 bridgehead atoms. The third-order valence-corrected chi connectivity index (χ3v) is 4.37. The van der Waals surface area contributed by atoms with Gasteiger partial charge in [-0.15, -0.1) is 0 Å². The molecule has 0 spiro atoms. The molecule has 0 unspecified atom stereocenters. The van der Waals surface area contributed by atoms with E-state index in [0.717, 1.165) is 19.3 Å². The van der Waals surface area contributed by atoms with E-state index in [1.54, 1.807) is 0 Å². The molecule has 2 heteroatoms. The van der Waals surface area contributed by atoms with E-state index in [-0.39, 0.29) is 12.1 Å². The van der Waals surface area contributed by atoms with Crippen LogP contribution in [0.15, 0.2) is 0 Å². The highest BCUT2D eigenvalue weighted by Crippen LogP contribution is 2.14. The van der Waals surface area contributed by atoms with Crippen molar-refractivity contribution in [2.75, 3.05) is 0 Å². The topological polar surface area (TPSA) is 26.3 Å². The summed E-state index contributed by atoms with van der Waals surface area (Å²) in [5, 5.41) is 0.